The van der Waals surface area contributed by atoms with E-state index in [1.54, 1.807) is 4.68 Å². The molecule has 0 aliphatic carbocycles. The first-order valence-corrected chi connectivity index (χ1v) is 15.7. The van der Waals surface area contributed by atoms with Gasteiger partial charge < -0.3 is 25.2 Å². The van der Waals surface area contributed by atoms with E-state index >= 15 is 0 Å². The zero-order chi connectivity index (χ0) is 30.6. The molecule has 44 heavy (non-hydrogen) atoms. The largest absolute Gasteiger partial charge is 0.449 e. The van der Waals surface area contributed by atoms with Gasteiger partial charge in [0.25, 0.3) is 0 Å². The Bertz CT molecular complexity index is 1570. The predicted molar refractivity (Wildman–Crippen MR) is 175 cm³/mol. The fraction of sp³-hybridized carbons (Fsp3) is 0.455. The van der Waals surface area contributed by atoms with Crippen molar-refractivity contribution in [1.29, 1.82) is 0 Å². The molecule has 1 amide bonds. The molecule has 2 aromatic carbocycles. The maximum atomic E-state index is 12.1. The SMILES string of the molecule is CCCCOC(=O)N1CC(CN2CCN(c3ccc(Nc4ncc5c(Nc6c(C)cccc6C)nn(C)c5n4)cc3)CC2)C1. The van der Waals surface area contributed by atoms with Crippen LogP contribution in [-0.4, -0.2) is 88.1 Å². The van der Waals surface area contributed by atoms with Crippen LogP contribution in [-0.2, 0) is 11.8 Å². The number of hydrogen-bond donors (Lipinski definition) is 2. The smallest absolute Gasteiger partial charge is 0.409 e. The molecular formula is C33H43N9O2. The van der Waals surface area contributed by atoms with Crippen molar-refractivity contribution in [3.8, 4) is 0 Å². The third kappa shape index (κ3) is 6.57. The number of fused-ring (bicyclic) bond motifs is 1. The molecule has 2 fully saturated rings. The summed E-state index contributed by atoms with van der Waals surface area (Å²) in [6.07, 6.45) is 3.63. The average Bonchev–Trinajstić information content (AvgIpc) is 3.31. The van der Waals surface area contributed by atoms with Crippen LogP contribution in [0.3, 0.4) is 0 Å². The Labute approximate surface area is 259 Å². The third-order valence-electron chi connectivity index (χ3n) is 8.62. The van der Waals surface area contributed by atoms with Gasteiger partial charge in [0.2, 0.25) is 5.95 Å². The van der Waals surface area contributed by atoms with Crippen LogP contribution in [0.15, 0.2) is 48.7 Å². The van der Waals surface area contributed by atoms with Crippen molar-refractivity contribution < 1.29 is 9.53 Å². The second kappa shape index (κ2) is 13.1. The summed E-state index contributed by atoms with van der Waals surface area (Å²) in [5.41, 5.74) is 6.29. The van der Waals surface area contributed by atoms with Gasteiger partial charge in [0.05, 0.1) is 12.0 Å². The number of benzene rings is 2. The summed E-state index contributed by atoms with van der Waals surface area (Å²) in [7, 11) is 1.90. The summed E-state index contributed by atoms with van der Waals surface area (Å²) < 4.78 is 7.11. The highest BCUT2D eigenvalue weighted by Crippen LogP contribution is 2.29. The monoisotopic (exact) mass is 597 g/mol. The third-order valence-corrected chi connectivity index (χ3v) is 8.62. The van der Waals surface area contributed by atoms with Gasteiger partial charge in [0.1, 0.15) is 0 Å². The lowest BCUT2D eigenvalue weighted by Crippen LogP contribution is -2.56. The highest BCUT2D eigenvalue weighted by atomic mass is 16.6. The number of para-hydroxylation sites is 1. The van der Waals surface area contributed by atoms with Crippen LogP contribution >= 0.6 is 0 Å². The lowest BCUT2D eigenvalue weighted by atomic mass is 10.00. The number of hydrogen-bond acceptors (Lipinski definition) is 9. The Morgan fingerprint density at radius 2 is 1.73 bits per heavy atom. The molecule has 0 spiro atoms. The highest BCUT2D eigenvalue weighted by molar-refractivity contribution is 5.90. The standard InChI is InChI=1S/C33H43N9O2/c1-5-6-18-44-33(43)42-21-25(22-42)20-40-14-16-41(17-15-40)27-12-10-26(11-13-27)35-32-34-19-28-30(38-39(4)31(28)37-32)36-29-23(2)8-7-9-24(29)3/h7-13,19,25H,5-6,14-18,20-22H2,1-4H3,(H,36,38)(H,34,35,37). The van der Waals surface area contributed by atoms with Crippen molar-refractivity contribution in [1.82, 2.24) is 29.5 Å². The van der Waals surface area contributed by atoms with E-state index in [1.807, 2.05) is 18.1 Å². The van der Waals surface area contributed by atoms with E-state index in [2.05, 4.69) is 93.8 Å². The molecule has 0 atom stereocenters. The van der Waals surface area contributed by atoms with Crippen LogP contribution in [0.1, 0.15) is 30.9 Å². The fourth-order valence-corrected chi connectivity index (χ4v) is 5.99. The summed E-state index contributed by atoms with van der Waals surface area (Å²) in [6.45, 7) is 13.5. The maximum absolute atomic E-state index is 12.1. The molecule has 0 unspecified atom stereocenters. The normalized spacial score (nSPS) is 15.8. The van der Waals surface area contributed by atoms with E-state index in [1.165, 1.54) is 5.69 Å². The Morgan fingerprint density at radius 1 is 1.00 bits per heavy atom. The number of aromatic nitrogens is 4. The van der Waals surface area contributed by atoms with Gasteiger partial charge in [-0.15, -0.1) is 0 Å². The molecule has 4 aromatic rings. The number of nitrogens with one attached hydrogen (secondary N) is 2. The summed E-state index contributed by atoms with van der Waals surface area (Å²) in [5.74, 6) is 1.82. The zero-order valence-electron chi connectivity index (χ0n) is 26.2. The average molecular weight is 598 g/mol. The molecule has 2 aliphatic heterocycles. The summed E-state index contributed by atoms with van der Waals surface area (Å²) in [4.78, 5) is 28.2. The van der Waals surface area contributed by atoms with Gasteiger partial charge in [-0.3, -0.25) is 4.90 Å². The summed E-state index contributed by atoms with van der Waals surface area (Å²) >= 11 is 0. The Morgan fingerprint density at radius 3 is 2.43 bits per heavy atom. The minimum absolute atomic E-state index is 0.156. The second-order valence-electron chi connectivity index (χ2n) is 12.0. The van der Waals surface area contributed by atoms with Crippen LogP contribution in [0.25, 0.3) is 11.0 Å². The van der Waals surface area contributed by atoms with E-state index in [-0.39, 0.29) is 6.09 Å². The van der Waals surface area contributed by atoms with E-state index in [9.17, 15) is 4.79 Å². The quantitative estimate of drug-likeness (QED) is 0.231. The molecule has 2 N–H and O–H groups in total. The number of nitrogens with zero attached hydrogens (tertiary/aromatic N) is 7. The van der Waals surface area contributed by atoms with Crippen LogP contribution < -0.4 is 15.5 Å². The van der Waals surface area contributed by atoms with Crippen molar-refractivity contribution in [2.75, 3.05) is 68.0 Å². The van der Waals surface area contributed by atoms with Crippen molar-refractivity contribution in [2.24, 2.45) is 13.0 Å². The number of carbonyl (C=O) groups is 1. The number of likely N-dealkylation sites (tertiary alicyclic amines) is 1. The van der Waals surface area contributed by atoms with Gasteiger partial charge in [-0.05, 0) is 55.7 Å². The van der Waals surface area contributed by atoms with Crippen molar-refractivity contribution in [3.05, 3.63) is 59.8 Å². The number of amides is 1. The summed E-state index contributed by atoms with van der Waals surface area (Å²) in [6, 6.07) is 14.7. The topological polar surface area (TPSA) is 104 Å². The van der Waals surface area contributed by atoms with Crippen molar-refractivity contribution in [2.45, 2.75) is 33.6 Å². The number of rotatable bonds is 10. The van der Waals surface area contributed by atoms with Crippen molar-refractivity contribution >= 4 is 46.0 Å². The van der Waals surface area contributed by atoms with E-state index in [4.69, 9.17) is 9.72 Å². The van der Waals surface area contributed by atoms with Gasteiger partial charge >= 0.3 is 6.09 Å². The van der Waals surface area contributed by atoms with Gasteiger partial charge in [0.15, 0.2) is 11.5 Å². The first-order chi connectivity index (χ1) is 21.4. The number of anilines is 5. The molecule has 6 rings (SSSR count). The fourth-order valence-electron chi connectivity index (χ4n) is 5.99. The van der Waals surface area contributed by atoms with Crippen LogP contribution in [0.4, 0.5) is 33.6 Å². The Hall–Kier alpha value is -4.38. The predicted octanol–water partition coefficient (Wildman–Crippen LogP) is 5.46. The van der Waals surface area contributed by atoms with E-state index < -0.39 is 0 Å². The van der Waals surface area contributed by atoms with E-state index in [0.717, 1.165) is 98.0 Å². The first-order valence-electron chi connectivity index (χ1n) is 15.7. The molecule has 0 saturated carbocycles. The van der Waals surface area contributed by atoms with Crippen molar-refractivity contribution in [3.63, 3.8) is 0 Å². The van der Waals surface area contributed by atoms with Gasteiger partial charge in [0, 0.05) is 82.0 Å². The number of carbonyl (C=O) groups excluding carboxylic acids is 1. The second-order valence-corrected chi connectivity index (χ2v) is 12.0. The Balaban J connectivity index is 0.995. The molecule has 11 nitrogen and oxygen atoms in total. The minimum Gasteiger partial charge on any atom is -0.449 e. The van der Waals surface area contributed by atoms with Gasteiger partial charge in [-0.2, -0.15) is 10.1 Å². The molecule has 11 heteroatoms. The van der Waals surface area contributed by atoms with E-state index in [0.29, 0.717) is 18.5 Å². The molecular weight excluding hydrogens is 554 g/mol. The number of piperazine rings is 1. The van der Waals surface area contributed by atoms with Gasteiger partial charge in [-0.1, -0.05) is 31.5 Å². The molecule has 2 aromatic heterocycles. The molecule has 2 aliphatic rings. The molecule has 4 heterocycles. The molecule has 232 valence electrons. The minimum atomic E-state index is -0.156. The number of aryl methyl sites for hydroxylation is 3. The number of ether oxygens (including phenoxy) is 1. The van der Waals surface area contributed by atoms with Crippen LogP contribution in [0, 0.1) is 19.8 Å². The summed E-state index contributed by atoms with van der Waals surface area (Å²) in [5, 5.41) is 12.4. The lowest BCUT2D eigenvalue weighted by molar-refractivity contribution is 0.0393. The number of unbranched alkanes of at least 4 members (excludes halogenated alkanes) is 1. The molecule has 0 bridgehead atoms. The van der Waals surface area contributed by atoms with Crippen LogP contribution in [0.5, 0.6) is 0 Å². The lowest BCUT2D eigenvalue weighted by Gasteiger charge is -2.43. The zero-order valence-corrected chi connectivity index (χ0v) is 26.2. The first kappa shape index (κ1) is 29.7. The van der Waals surface area contributed by atoms with Crippen LogP contribution in [0.2, 0.25) is 0 Å². The molecule has 0 radical (unpaired) electrons. The maximum Gasteiger partial charge on any atom is 0.409 e. The Kier molecular flexibility index (Phi) is 8.83. The van der Waals surface area contributed by atoms with Gasteiger partial charge in [-0.25, -0.2) is 14.5 Å². The highest BCUT2D eigenvalue weighted by Gasteiger charge is 2.33. The molecule has 2 saturated heterocycles.